The van der Waals surface area contributed by atoms with Crippen molar-refractivity contribution in [3.8, 4) is 16.3 Å². The fraction of sp³-hybridized carbons (Fsp3) is 0.0500. The molecule has 2 aromatic heterocycles. The summed E-state index contributed by atoms with van der Waals surface area (Å²) in [6, 6.07) is 16.7. The Morgan fingerprint density at radius 2 is 1.88 bits per heavy atom. The number of fused-ring (bicyclic) bond motifs is 1. The van der Waals surface area contributed by atoms with Crippen LogP contribution in [0.4, 0.5) is 0 Å². The van der Waals surface area contributed by atoms with E-state index in [2.05, 4.69) is 9.98 Å². The molecule has 0 aliphatic carbocycles. The number of rotatable bonds is 4. The van der Waals surface area contributed by atoms with E-state index >= 15 is 0 Å². The Kier molecular flexibility index (Phi) is 4.33. The van der Waals surface area contributed by atoms with Gasteiger partial charge in [0.2, 0.25) is 0 Å². The van der Waals surface area contributed by atoms with Crippen LogP contribution in [0.25, 0.3) is 21.5 Å². The number of aliphatic imine (C=N–C) groups is 1. The number of para-hydroxylation sites is 1. The molecule has 0 radical (unpaired) electrons. The van der Waals surface area contributed by atoms with Crippen molar-refractivity contribution < 1.29 is 9.52 Å². The molecule has 0 bridgehead atoms. The summed E-state index contributed by atoms with van der Waals surface area (Å²) in [6.45, 7) is 0.315. The van der Waals surface area contributed by atoms with Crippen LogP contribution >= 0.6 is 11.3 Å². The van der Waals surface area contributed by atoms with E-state index in [1.807, 2.05) is 35.7 Å². The molecule has 2 aromatic carbocycles. The van der Waals surface area contributed by atoms with Crippen molar-refractivity contribution in [2.24, 2.45) is 4.99 Å². The summed E-state index contributed by atoms with van der Waals surface area (Å²) in [5.41, 5.74) is 1.63. The van der Waals surface area contributed by atoms with Crippen LogP contribution in [0.2, 0.25) is 0 Å². The molecule has 0 aliphatic heterocycles. The first kappa shape index (κ1) is 16.2. The molecule has 5 nitrogen and oxygen atoms in total. The van der Waals surface area contributed by atoms with Crippen molar-refractivity contribution in [3.63, 3.8) is 0 Å². The largest absolute Gasteiger partial charge is 0.506 e. The van der Waals surface area contributed by atoms with Crippen molar-refractivity contribution in [2.45, 2.75) is 6.54 Å². The molecule has 0 fully saturated rings. The third kappa shape index (κ3) is 3.14. The van der Waals surface area contributed by atoms with Crippen LogP contribution in [0.5, 0.6) is 5.75 Å². The fourth-order valence-electron chi connectivity index (χ4n) is 2.59. The highest BCUT2D eigenvalue weighted by Gasteiger charge is 2.11. The summed E-state index contributed by atoms with van der Waals surface area (Å²) in [5, 5.41) is 13.6. The van der Waals surface area contributed by atoms with Gasteiger partial charge < -0.3 is 9.52 Å². The van der Waals surface area contributed by atoms with Gasteiger partial charge in [0.15, 0.2) is 0 Å². The Hall–Kier alpha value is -3.25. The molecule has 6 heteroatoms. The van der Waals surface area contributed by atoms with Crippen molar-refractivity contribution >= 4 is 28.5 Å². The molecule has 1 N–H and O–H groups in total. The van der Waals surface area contributed by atoms with Gasteiger partial charge in [-0.15, -0.1) is 11.3 Å². The van der Waals surface area contributed by atoms with E-state index in [4.69, 9.17) is 4.42 Å². The molecule has 0 aliphatic rings. The quantitative estimate of drug-likeness (QED) is 0.435. The highest BCUT2D eigenvalue weighted by atomic mass is 32.1. The number of benzene rings is 2. The molecule has 4 rings (SSSR count). The highest BCUT2D eigenvalue weighted by Crippen LogP contribution is 2.25. The van der Waals surface area contributed by atoms with Gasteiger partial charge >= 0.3 is 5.63 Å². The summed E-state index contributed by atoms with van der Waals surface area (Å²) >= 11 is 1.54. The topological polar surface area (TPSA) is 75.7 Å². The molecular weight excluding hydrogens is 348 g/mol. The zero-order valence-electron chi connectivity index (χ0n) is 13.6. The van der Waals surface area contributed by atoms with Crippen LogP contribution in [-0.4, -0.2) is 16.3 Å². The molecule has 2 heterocycles. The number of nitrogens with zero attached hydrogens (tertiary/aromatic N) is 2. The second-order valence-corrected chi connectivity index (χ2v) is 6.49. The number of aromatic nitrogens is 1. The summed E-state index contributed by atoms with van der Waals surface area (Å²) in [4.78, 5) is 20.8. The lowest BCUT2D eigenvalue weighted by atomic mass is 10.1. The first-order valence-corrected chi connectivity index (χ1v) is 8.85. The van der Waals surface area contributed by atoms with E-state index in [1.165, 1.54) is 6.21 Å². The summed E-state index contributed by atoms with van der Waals surface area (Å²) in [5.74, 6) is -0.121. The van der Waals surface area contributed by atoms with Crippen LogP contribution in [0.15, 0.2) is 74.2 Å². The monoisotopic (exact) mass is 362 g/mol. The Balaban J connectivity index is 1.57. The van der Waals surface area contributed by atoms with Gasteiger partial charge in [-0.05, 0) is 12.1 Å². The number of hydrogen-bond acceptors (Lipinski definition) is 6. The van der Waals surface area contributed by atoms with Gasteiger partial charge in [0.1, 0.15) is 21.9 Å². The zero-order chi connectivity index (χ0) is 17.9. The molecule has 26 heavy (non-hydrogen) atoms. The van der Waals surface area contributed by atoms with Crippen LogP contribution in [0.1, 0.15) is 11.3 Å². The van der Waals surface area contributed by atoms with Gasteiger partial charge in [-0.2, -0.15) is 0 Å². The van der Waals surface area contributed by atoms with Gasteiger partial charge in [0.25, 0.3) is 0 Å². The molecule has 0 saturated heterocycles. The van der Waals surface area contributed by atoms with Crippen LogP contribution in [0.3, 0.4) is 0 Å². The molecule has 4 aromatic rings. The number of thiazole rings is 1. The smallest absolute Gasteiger partial charge is 0.348 e. The van der Waals surface area contributed by atoms with Gasteiger partial charge in [-0.1, -0.05) is 42.5 Å². The lowest BCUT2D eigenvalue weighted by Crippen LogP contribution is -2.07. The van der Waals surface area contributed by atoms with Crippen molar-refractivity contribution in [3.05, 3.63) is 81.7 Å². The first-order valence-electron chi connectivity index (χ1n) is 7.97. The average Bonchev–Trinajstić information content (AvgIpc) is 3.14. The molecule has 0 spiro atoms. The maximum atomic E-state index is 12.1. The van der Waals surface area contributed by atoms with Crippen LogP contribution in [0, 0.1) is 0 Å². The minimum absolute atomic E-state index is 0.0437. The second kappa shape index (κ2) is 6.93. The zero-order valence-corrected chi connectivity index (χ0v) is 14.4. The first-order chi connectivity index (χ1) is 12.7. The molecule has 0 atom stereocenters. The number of hydrogen-bond donors (Lipinski definition) is 1. The van der Waals surface area contributed by atoms with E-state index in [0.29, 0.717) is 17.5 Å². The van der Waals surface area contributed by atoms with E-state index in [-0.39, 0.29) is 11.3 Å². The van der Waals surface area contributed by atoms with E-state index < -0.39 is 5.63 Å². The fourth-order valence-corrected chi connectivity index (χ4v) is 3.40. The van der Waals surface area contributed by atoms with E-state index in [1.54, 1.807) is 35.6 Å². The minimum atomic E-state index is -0.617. The predicted octanol–water partition coefficient (Wildman–Crippen LogP) is 4.24. The number of aromatic hydroxyl groups is 1. The molecule has 128 valence electrons. The third-order valence-electron chi connectivity index (χ3n) is 3.87. The highest BCUT2D eigenvalue weighted by molar-refractivity contribution is 7.13. The second-order valence-electron chi connectivity index (χ2n) is 5.63. The lowest BCUT2D eigenvalue weighted by molar-refractivity contribution is 0.466. The third-order valence-corrected chi connectivity index (χ3v) is 4.81. The maximum absolute atomic E-state index is 12.1. The summed E-state index contributed by atoms with van der Waals surface area (Å²) in [6.07, 6.45) is 1.34. The molecule has 0 saturated carbocycles. The lowest BCUT2D eigenvalue weighted by Gasteiger charge is -2.02. The average molecular weight is 362 g/mol. The Labute approximate surface area is 152 Å². The van der Waals surface area contributed by atoms with Crippen LogP contribution in [-0.2, 0) is 6.54 Å². The summed E-state index contributed by atoms with van der Waals surface area (Å²) in [7, 11) is 0. The SMILES string of the molecule is O=c1oc2ccccc2c(O)c1C=NCc1csc(-c2ccccc2)n1. The Morgan fingerprint density at radius 1 is 1.12 bits per heavy atom. The van der Waals surface area contributed by atoms with Crippen molar-refractivity contribution in [1.82, 2.24) is 4.98 Å². The van der Waals surface area contributed by atoms with Crippen LogP contribution < -0.4 is 5.63 Å². The van der Waals surface area contributed by atoms with Gasteiger partial charge in [-0.25, -0.2) is 9.78 Å². The Bertz CT molecular complexity index is 1150. The summed E-state index contributed by atoms with van der Waals surface area (Å²) < 4.78 is 5.22. The molecule has 0 amide bonds. The normalized spacial score (nSPS) is 11.4. The predicted molar refractivity (Wildman–Crippen MR) is 103 cm³/mol. The van der Waals surface area contributed by atoms with Crippen molar-refractivity contribution in [1.29, 1.82) is 0 Å². The van der Waals surface area contributed by atoms with Gasteiger partial charge in [-0.3, -0.25) is 4.99 Å². The Morgan fingerprint density at radius 3 is 2.73 bits per heavy atom. The standard InChI is InChI=1S/C20H14N2O3S/c23-18-15-8-4-5-9-17(15)25-20(24)16(18)11-21-10-14-12-26-19(22-14)13-6-2-1-3-7-13/h1-9,11-12,23H,10H2. The van der Waals surface area contributed by atoms with E-state index in [9.17, 15) is 9.90 Å². The van der Waals surface area contributed by atoms with Gasteiger partial charge in [0.05, 0.1) is 17.6 Å². The van der Waals surface area contributed by atoms with Gasteiger partial charge in [0, 0.05) is 17.2 Å². The minimum Gasteiger partial charge on any atom is -0.506 e. The van der Waals surface area contributed by atoms with Crippen molar-refractivity contribution in [2.75, 3.05) is 0 Å². The molecule has 0 unspecified atom stereocenters. The van der Waals surface area contributed by atoms with E-state index in [0.717, 1.165) is 16.3 Å². The maximum Gasteiger partial charge on any atom is 0.348 e. The molecular formula is C20H14N2O3S.